The summed E-state index contributed by atoms with van der Waals surface area (Å²) in [5.41, 5.74) is 0.921. The molecule has 0 aliphatic heterocycles. The molecule has 0 spiro atoms. The molecule has 1 aromatic heterocycles. The summed E-state index contributed by atoms with van der Waals surface area (Å²) >= 11 is 5.97. The van der Waals surface area contributed by atoms with Crippen LogP contribution in [0.3, 0.4) is 0 Å². The fourth-order valence-electron chi connectivity index (χ4n) is 1.67. The molecule has 0 saturated heterocycles. The lowest BCUT2D eigenvalue weighted by molar-refractivity contribution is -0.384. The van der Waals surface area contributed by atoms with Crippen LogP contribution in [-0.2, 0) is 0 Å². The van der Waals surface area contributed by atoms with E-state index >= 15 is 0 Å². The van der Waals surface area contributed by atoms with Gasteiger partial charge in [0.25, 0.3) is 5.69 Å². The van der Waals surface area contributed by atoms with Crippen LogP contribution in [0.5, 0.6) is 11.6 Å². The molecular formula is C14H14ClN3O3. The monoisotopic (exact) mass is 307 g/mol. The lowest BCUT2D eigenvalue weighted by Gasteiger charge is -2.11. The summed E-state index contributed by atoms with van der Waals surface area (Å²) in [4.78, 5) is 14.4. The molecule has 2 rings (SSSR count). The van der Waals surface area contributed by atoms with E-state index in [0.29, 0.717) is 5.88 Å². The minimum atomic E-state index is -0.506. The first kappa shape index (κ1) is 15.2. The van der Waals surface area contributed by atoms with Crippen molar-refractivity contribution < 1.29 is 9.66 Å². The number of hydrogen-bond acceptors (Lipinski definition) is 5. The highest BCUT2D eigenvalue weighted by Crippen LogP contribution is 2.32. The largest absolute Gasteiger partial charge is 0.437 e. The van der Waals surface area contributed by atoms with Crippen LogP contribution in [0, 0.1) is 10.1 Å². The first-order valence-electron chi connectivity index (χ1n) is 6.26. The van der Waals surface area contributed by atoms with Crippen LogP contribution in [0.2, 0.25) is 5.02 Å². The highest BCUT2D eigenvalue weighted by Gasteiger charge is 2.12. The molecule has 0 fully saturated rings. The van der Waals surface area contributed by atoms with E-state index < -0.39 is 4.92 Å². The van der Waals surface area contributed by atoms with Crippen molar-refractivity contribution in [1.82, 2.24) is 10.3 Å². The van der Waals surface area contributed by atoms with E-state index in [-0.39, 0.29) is 22.5 Å². The molecule has 1 unspecified atom stereocenters. The highest BCUT2D eigenvalue weighted by molar-refractivity contribution is 6.32. The number of aromatic nitrogens is 1. The van der Waals surface area contributed by atoms with Gasteiger partial charge in [-0.3, -0.25) is 10.1 Å². The average molecular weight is 308 g/mol. The van der Waals surface area contributed by atoms with Gasteiger partial charge in [-0.25, -0.2) is 4.98 Å². The van der Waals surface area contributed by atoms with Gasteiger partial charge in [-0.05, 0) is 25.6 Å². The number of halogens is 1. The van der Waals surface area contributed by atoms with Gasteiger partial charge in [-0.15, -0.1) is 0 Å². The SMILES string of the molecule is CNC(C)c1ccc(Oc2cc([N+](=O)[O-])ccc2Cl)nc1. The first-order chi connectivity index (χ1) is 10.0. The molecule has 0 aliphatic carbocycles. The van der Waals surface area contributed by atoms with Crippen molar-refractivity contribution >= 4 is 17.3 Å². The summed E-state index contributed by atoms with van der Waals surface area (Å²) in [5, 5.41) is 14.1. The normalized spacial score (nSPS) is 12.0. The third kappa shape index (κ3) is 3.68. The van der Waals surface area contributed by atoms with Gasteiger partial charge in [0.2, 0.25) is 5.88 Å². The third-order valence-corrected chi connectivity index (χ3v) is 3.34. The molecular weight excluding hydrogens is 294 g/mol. The molecule has 6 nitrogen and oxygen atoms in total. The summed E-state index contributed by atoms with van der Waals surface area (Å²) in [6.07, 6.45) is 1.68. The van der Waals surface area contributed by atoms with E-state index in [1.54, 1.807) is 12.3 Å². The van der Waals surface area contributed by atoms with Gasteiger partial charge in [0.1, 0.15) is 0 Å². The summed E-state index contributed by atoms with van der Waals surface area (Å²) in [6, 6.07) is 7.75. The van der Waals surface area contributed by atoms with Crippen molar-refractivity contribution in [3.63, 3.8) is 0 Å². The molecule has 0 bridgehead atoms. The van der Waals surface area contributed by atoms with E-state index in [0.717, 1.165) is 5.56 Å². The number of pyridine rings is 1. The second kappa shape index (κ2) is 6.51. The lowest BCUT2D eigenvalue weighted by atomic mass is 10.1. The number of rotatable bonds is 5. The molecule has 1 heterocycles. The van der Waals surface area contributed by atoms with Gasteiger partial charge >= 0.3 is 0 Å². The molecule has 7 heteroatoms. The maximum Gasteiger partial charge on any atom is 0.273 e. The molecule has 110 valence electrons. The Balaban J connectivity index is 2.22. The fraction of sp³-hybridized carbons (Fsp3) is 0.214. The van der Waals surface area contributed by atoms with Gasteiger partial charge in [-0.1, -0.05) is 17.7 Å². The van der Waals surface area contributed by atoms with Crippen molar-refractivity contribution in [2.24, 2.45) is 0 Å². The van der Waals surface area contributed by atoms with Crippen LogP contribution in [0.25, 0.3) is 0 Å². The van der Waals surface area contributed by atoms with Crippen molar-refractivity contribution in [3.8, 4) is 11.6 Å². The molecule has 2 aromatic rings. The van der Waals surface area contributed by atoms with Crippen LogP contribution >= 0.6 is 11.6 Å². The number of ether oxygens (including phenoxy) is 1. The molecule has 1 atom stereocenters. The zero-order valence-corrected chi connectivity index (χ0v) is 12.3. The van der Waals surface area contributed by atoms with Crippen molar-refractivity contribution in [1.29, 1.82) is 0 Å². The minimum absolute atomic E-state index is 0.0881. The Kier molecular flexibility index (Phi) is 4.72. The number of nitro groups is 1. The Morgan fingerprint density at radius 3 is 2.71 bits per heavy atom. The number of hydrogen-bond donors (Lipinski definition) is 1. The fourth-order valence-corrected chi connectivity index (χ4v) is 1.83. The van der Waals surface area contributed by atoms with Crippen LogP contribution in [0.4, 0.5) is 5.69 Å². The Morgan fingerprint density at radius 2 is 2.14 bits per heavy atom. The van der Waals surface area contributed by atoms with Gasteiger partial charge in [-0.2, -0.15) is 0 Å². The van der Waals surface area contributed by atoms with Crippen LogP contribution < -0.4 is 10.1 Å². The van der Waals surface area contributed by atoms with Crippen molar-refractivity contribution in [3.05, 3.63) is 57.2 Å². The predicted octanol–water partition coefficient (Wildman–Crippen LogP) is 3.72. The Labute approximate surface area is 126 Å². The molecule has 1 aromatic carbocycles. The topological polar surface area (TPSA) is 77.3 Å². The second-order valence-corrected chi connectivity index (χ2v) is 4.82. The Morgan fingerprint density at radius 1 is 1.38 bits per heavy atom. The zero-order chi connectivity index (χ0) is 15.4. The van der Waals surface area contributed by atoms with Crippen LogP contribution in [0.15, 0.2) is 36.5 Å². The number of nitro benzene ring substituents is 1. The van der Waals surface area contributed by atoms with E-state index in [1.807, 2.05) is 20.0 Å². The van der Waals surface area contributed by atoms with E-state index in [9.17, 15) is 10.1 Å². The molecule has 0 saturated carbocycles. The van der Waals surface area contributed by atoms with Gasteiger partial charge in [0, 0.05) is 24.4 Å². The van der Waals surface area contributed by atoms with E-state index in [4.69, 9.17) is 16.3 Å². The van der Waals surface area contributed by atoms with Crippen LogP contribution in [0.1, 0.15) is 18.5 Å². The summed E-state index contributed by atoms with van der Waals surface area (Å²) in [7, 11) is 1.86. The van der Waals surface area contributed by atoms with Crippen LogP contribution in [-0.4, -0.2) is 17.0 Å². The standard InChI is InChI=1S/C14H14ClN3O3/c1-9(16-2)10-3-6-14(17-8-10)21-13-7-11(18(19)20)4-5-12(13)15/h3-9,16H,1-2H3. The molecule has 0 radical (unpaired) electrons. The summed E-state index contributed by atoms with van der Waals surface area (Å²) in [5.74, 6) is 0.525. The smallest absolute Gasteiger partial charge is 0.273 e. The maximum absolute atomic E-state index is 10.8. The molecule has 0 amide bonds. The average Bonchev–Trinajstić information content (AvgIpc) is 2.49. The zero-order valence-electron chi connectivity index (χ0n) is 11.5. The lowest BCUT2D eigenvalue weighted by Crippen LogP contribution is -2.12. The van der Waals surface area contributed by atoms with E-state index in [2.05, 4.69) is 10.3 Å². The van der Waals surface area contributed by atoms with E-state index in [1.165, 1.54) is 18.2 Å². The highest BCUT2D eigenvalue weighted by atomic mass is 35.5. The number of nitrogens with one attached hydrogen (secondary N) is 1. The summed E-state index contributed by atoms with van der Waals surface area (Å²) < 4.78 is 5.50. The second-order valence-electron chi connectivity index (χ2n) is 4.41. The third-order valence-electron chi connectivity index (χ3n) is 3.03. The van der Waals surface area contributed by atoms with Gasteiger partial charge < -0.3 is 10.1 Å². The quantitative estimate of drug-likeness (QED) is 0.673. The minimum Gasteiger partial charge on any atom is -0.437 e. The van der Waals surface area contributed by atoms with Gasteiger partial charge in [0.15, 0.2) is 5.75 Å². The Bertz CT molecular complexity index is 646. The summed E-state index contributed by atoms with van der Waals surface area (Å²) in [6.45, 7) is 2.01. The Hall–Kier alpha value is -2.18. The molecule has 1 N–H and O–H groups in total. The molecule has 21 heavy (non-hydrogen) atoms. The maximum atomic E-state index is 10.8. The van der Waals surface area contributed by atoms with Gasteiger partial charge in [0.05, 0.1) is 16.0 Å². The predicted molar refractivity (Wildman–Crippen MR) is 79.9 cm³/mol. The van der Waals surface area contributed by atoms with Crippen molar-refractivity contribution in [2.45, 2.75) is 13.0 Å². The number of non-ortho nitro benzene ring substituents is 1. The van der Waals surface area contributed by atoms with Crippen molar-refractivity contribution in [2.75, 3.05) is 7.05 Å². The molecule has 0 aliphatic rings. The number of benzene rings is 1. The first-order valence-corrected chi connectivity index (χ1v) is 6.64. The number of nitrogens with zero attached hydrogens (tertiary/aromatic N) is 2.